The topological polar surface area (TPSA) is 99.7 Å². The number of amides is 3. The first-order valence-electron chi connectivity index (χ1n) is 18.8. The molecule has 0 spiro atoms. The van der Waals surface area contributed by atoms with E-state index < -0.39 is 5.60 Å². The van der Waals surface area contributed by atoms with Gasteiger partial charge >= 0.3 is 6.03 Å². The highest BCUT2D eigenvalue weighted by Crippen LogP contribution is 2.60. The molecule has 0 radical (unpaired) electrons. The van der Waals surface area contributed by atoms with Crippen LogP contribution in [0.15, 0.2) is 35.5 Å². The SMILES string of the molecule is C=C1CC[C@H](OCCCNC(=O)CCCC2C[C@H]3NC(=O)N[C@H]3S2)C/C1=C/C=C1\CCC[C@@]2(C)C1CCC2[C@H](C)CCCC(C)(C)O. The number of fused-ring (bicyclic) bond motifs is 2. The third-order valence-electron chi connectivity index (χ3n) is 12.1. The van der Waals surface area contributed by atoms with Gasteiger partial charge in [0, 0.05) is 24.8 Å². The predicted molar refractivity (Wildman–Crippen MR) is 193 cm³/mol. The van der Waals surface area contributed by atoms with E-state index in [-0.39, 0.29) is 29.5 Å². The number of thioether (sulfide) groups is 1. The number of urea groups is 1. The molecule has 2 heterocycles. The molecule has 4 N–H and O–H groups in total. The molecule has 0 bridgehead atoms. The molecule has 3 aliphatic carbocycles. The van der Waals surface area contributed by atoms with E-state index in [4.69, 9.17) is 4.74 Å². The maximum atomic E-state index is 12.4. The highest BCUT2D eigenvalue weighted by molar-refractivity contribution is 8.00. The van der Waals surface area contributed by atoms with Gasteiger partial charge in [-0.2, -0.15) is 0 Å². The molecule has 8 heteroatoms. The fraction of sp³-hybridized carbons (Fsp3) is 0.795. The maximum Gasteiger partial charge on any atom is 0.316 e. The van der Waals surface area contributed by atoms with Crippen molar-refractivity contribution in [1.29, 1.82) is 0 Å². The molecular formula is C39H63N3O4S. The average molecular weight is 670 g/mol. The molecule has 0 aromatic rings. The van der Waals surface area contributed by atoms with Crippen molar-refractivity contribution in [2.75, 3.05) is 13.2 Å². The summed E-state index contributed by atoms with van der Waals surface area (Å²) in [6.45, 7) is 14.6. The number of carbonyl (C=O) groups excluding carboxylic acids is 2. The lowest BCUT2D eigenvalue weighted by Gasteiger charge is -2.44. The summed E-state index contributed by atoms with van der Waals surface area (Å²) in [6.07, 6.45) is 22.0. The Balaban J connectivity index is 1.00. The van der Waals surface area contributed by atoms with Crippen molar-refractivity contribution in [2.24, 2.45) is 23.2 Å². The summed E-state index contributed by atoms with van der Waals surface area (Å²) in [6, 6.07) is 0.181. The smallest absolute Gasteiger partial charge is 0.316 e. The van der Waals surface area contributed by atoms with E-state index in [1.54, 1.807) is 5.57 Å². The minimum atomic E-state index is -0.558. The standard InChI is InChI=1S/C39H63N3O4S/c1-26-14-17-30(46-23-9-22-40-35(43)13-6-12-31-25-34-36(47-31)42-37(44)41-34)24-29(26)16-15-28-11-8-21-39(5)32(18-19-33(28)39)27(2)10-7-20-38(3,4)45/h15-16,27,30-34,36,45H,1,6-14,17-25H2,2-5H3,(H,40,43)(H2,41,42,44)/b28-15+,29-16-/t27-,30+,31?,32?,33?,34-,36+,39-/m1/s1. The zero-order valence-corrected chi connectivity index (χ0v) is 30.5. The summed E-state index contributed by atoms with van der Waals surface area (Å²) in [5, 5.41) is 19.9. The average Bonchev–Trinajstić information content (AvgIpc) is 3.66. The van der Waals surface area contributed by atoms with Crippen molar-refractivity contribution in [1.82, 2.24) is 16.0 Å². The maximum absolute atomic E-state index is 12.4. The Kier molecular flexibility index (Phi) is 12.7. The van der Waals surface area contributed by atoms with Crippen LogP contribution < -0.4 is 16.0 Å². The number of carbonyl (C=O) groups is 2. The molecule has 7 nitrogen and oxygen atoms in total. The summed E-state index contributed by atoms with van der Waals surface area (Å²) in [4.78, 5) is 23.8. The lowest BCUT2D eigenvalue weighted by atomic mass is 9.60. The Morgan fingerprint density at radius 2 is 2.02 bits per heavy atom. The number of rotatable bonds is 15. The number of hydrogen-bond acceptors (Lipinski definition) is 5. The van der Waals surface area contributed by atoms with Crippen LogP contribution in [0.25, 0.3) is 0 Å². The van der Waals surface area contributed by atoms with Gasteiger partial charge < -0.3 is 25.8 Å². The van der Waals surface area contributed by atoms with E-state index >= 15 is 0 Å². The Bertz CT molecular complexity index is 1160. The lowest BCUT2D eigenvalue weighted by molar-refractivity contribution is -0.121. The molecule has 0 aromatic carbocycles. The van der Waals surface area contributed by atoms with E-state index in [2.05, 4.69) is 48.5 Å². The molecular weight excluding hydrogens is 607 g/mol. The summed E-state index contributed by atoms with van der Waals surface area (Å²) in [5.41, 5.74) is 4.10. The van der Waals surface area contributed by atoms with Crippen molar-refractivity contribution < 1.29 is 19.4 Å². The Hall–Kier alpha value is -1.77. The molecule has 5 aliphatic rings. The first-order valence-corrected chi connectivity index (χ1v) is 19.8. The number of hydrogen-bond donors (Lipinski definition) is 4. The summed E-state index contributed by atoms with van der Waals surface area (Å²) in [7, 11) is 0. The van der Waals surface area contributed by atoms with Gasteiger partial charge in [-0.05, 0) is 126 Å². The number of aliphatic hydroxyl groups is 1. The van der Waals surface area contributed by atoms with E-state index in [1.807, 2.05) is 25.6 Å². The molecule has 3 saturated carbocycles. The molecule has 5 rings (SSSR count). The Morgan fingerprint density at radius 1 is 1.19 bits per heavy atom. The number of ether oxygens (including phenoxy) is 1. The van der Waals surface area contributed by atoms with Crippen LogP contribution in [0, 0.1) is 23.2 Å². The van der Waals surface area contributed by atoms with Crippen molar-refractivity contribution in [2.45, 2.75) is 159 Å². The van der Waals surface area contributed by atoms with Crippen LogP contribution in [0.5, 0.6) is 0 Å². The number of nitrogens with one attached hydrogen (secondary N) is 3. The van der Waals surface area contributed by atoms with Gasteiger partial charge in [0.25, 0.3) is 0 Å². The minimum absolute atomic E-state index is 0.0564. The van der Waals surface area contributed by atoms with Gasteiger partial charge in [0.1, 0.15) is 0 Å². The van der Waals surface area contributed by atoms with Crippen LogP contribution in [0.4, 0.5) is 4.79 Å². The quantitative estimate of drug-likeness (QED) is 0.133. The van der Waals surface area contributed by atoms with Crippen LogP contribution in [0.2, 0.25) is 0 Å². The summed E-state index contributed by atoms with van der Waals surface area (Å²) in [5.74, 6) is 2.30. The fourth-order valence-electron chi connectivity index (χ4n) is 9.48. The van der Waals surface area contributed by atoms with Crippen molar-refractivity contribution in [3.05, 3.63) is 35.5 Å². The van der Waals surface area contributed by atoms with Gasteiger partial charge in [0.05, 0.1) is 23.1 Å². The van der Waals surface area contributed by atoms with Crippen LogP contribution in [-0.2, 0) is 9.53 Å². The fourth-order valence-corrected chi connectivity index (χ4v) is 11.1. The van der Waals surface area contributed by atoms with Crippen LogP contribution in [0.1, 0.15) is 130 Å². The normalized spacial score (nSPS) is 34.7. The second-order valence-corrected chi connectivity index (χ2v) is 17.7. The lowest BCUT2D eigenvalue weighted by Crippen LogP contribution is -2.36. The Morgan fingerprint density at radius 3 is 2.81 bits per heavy atom. The predicted octanol–water partition coefficient (Wildman–Crippen LogP) is 7.95. The zero-order valence-electron chi connectivity index (χ0n) is 29.7. The molecule has 5 fully saturated rings. The van der Waals surface area contributed by atoms with Gasteiger partial charge in [-0.15, -0.1) is 11.8 Å². The molecule has 47 heavy (non-hydrogen) atoms. The van der Waals surface area contributed by atoms with Crippen LogP contribution >= 0.6 is 11.8 Å². The van der Waals surface area contributed by atoms with E-state index in [1.165, 1.54) is 49.7 Å². The third kappa shape index (κ3) is 9.91. The second kappa shape index (κ2) is 16.3. The van der Waals surface area contributed by atoms with Gasteiger partial charge in [-0.1, -0.05) is 56.6 Å². The van der Waals surface area contributed by atoms with Crippen molar-refractivity contribution >= 4 is 23.7 Å². The van der Waals surface area contributed by atoms with E-state index in [9.17, 15) is 14.7 Å². The van der Waals surface area contributed by atoms with Gasteiger partial charge in [0.2, 0.25) is 5.91 Å². The van der Waals surface area contributed by atoms with Crippen molar-refractivity contribution in [3.63, 3.8) is 0 Å². The van der Waals surface area contributed by atoms with Gasteiger partial charge in [0.15, 0.2) is 0 Å². The summed E-state index contributed by atoms with van der Waals surface area (Å²) < 4.78 is 6.30. The largest absolute Gasteiger partial charge is 0.390 e. The minimum Gasteiger partial charge on any atom is -0.390 e. The van der Waals surface area contributed by atoms with Gasteiger partial charge in [-0.25, -0.2) is 4.79 Å². The second-order valence-electron chi connectivity index (χ2n) is 16.3. The molecule has 264 valence electrons. The first kappa shape index (κ1) is 36.5. The molecule has 3 amide bonds. The van der Waals surface area contributed by atoms with E-state index in [0.29, 0.717) is 42.1 Å². The first-order chi connectivity index (χ1) is 22.4. The van der Waals surface area contributed by atoms with E-state index in [0.717, 1.165) is 63.7 Å². The highest BCUT2D eigenvalue weighted by atomic mass is 32.2. The monoisotopic (exact) mass is 669 g/mol. The van der Waals surface area contributed by atoms with Crippen LogP contribution in [-0.4, -0.2) is 58.6 Å². The molecule has 3 unspecified atom stereocenters. The molecule has 0 aromatic heterocycles. The molecule has 2 saturated heterocycles. The van der Waals surface area contributed by atoms with Crippen LogP contribution in [0.3, 0.4) is 0 Å². The Labute approximate surface area is 289 Å². The zero-order chi connectivity index (χ0) is 33.6. The third-order valence-corrected chi connectivity index (χ3v) is 13.6. The van der Waals surface area contributed by atoms with Gasteiger partial charge in [-0.3, -0.25) is 4.79 Å². The summed E-state index contributed by atoms with van der Waals surface area (Å²) >= 11 is 1.83. The molecule has 8 atom stereocenters. The number of allylic oxidation sites excluding steroid dienone is 4. The molecule has 2 aliphatic heterocycles. The van der Waals surface area contributed by atoms with Crippen molar-refractivity contribution in [3.8, 4) is 0 Å². The highest BCUT2D eigenvalue weighted by Gasteiger charge is 2.50.